The van der Waals surface area contributed by atoms with Gasteiger partial charge in [-0.15, -0.1) is 0 Å². The molecule has 0 spiro atoms. The van der Waals surface area contributed by atoms with Crippen molar-refractivity contribution in [3.63, 3.8) is 0 Å². The summed E-state index contributed by atoms with van der Waals surface area (Å²) in [6, 6.07) is 2.57. The molecular weight excluding hydrogens is 186 g/mol. The second-order valence-corrected chi connectivity index (χ2v) is 3.95. The summed E-state index contributed by atoms with van der Waals surface area (Å²) in [6.07, 6.45) is 6.00. The Morgan fingerprint density at radius 2 is 2.00 bits per heavy atom. The summed E-state index contributed by atoms with van der Waals surface area (Å²) >= 11 is 0. The summed E-state index contributed by atoms with van der Waals surface area (Å²) in [4.78, 5) is 6.26. The summed E-state index contributed by atoms with van der Waals surface area (Å²) in [5, 5.41) is 3.52. The maximum absolute atomic E-state index is 4.16. The Hall–Kier alpha value is -1.25. The van der Waals surface area contributed by atoms with Crippen molar-refractivity contribution >= 4 is 11.4 Å². The molecule has 15 heavy (non-hydrogen) atoms. The summed E-state index contributed by atoms with van der Waals surface area (Å²) in [6.45, 7) is 4.40. The van der Waals surface area contributed by atoms with Crippen LogP contribution in [0.15, 0.2) is 18.5 Å². The highest BCUT2D eigenvalue weighted by Crippen LogP contribution is 2.23. The van der Waals surface area contributed by atoms with Crippen LogP contribution in [0, 0.1) is 0 Å². The van der Waals surface area contributed by atoms with Crippen molar-refractivity contribution in [1.29, 1.82) is 0 Å². The molecule has 1 aromatic rings. The third-order valence-electron chi connectivity index (χ3n) is 2.63. The lowest BCUT2D eigenvalue weighted by atomic mass is 10.1. The normalized spacial score (nSPS) is 10.5. The number of nitrogens with zero attached hydrogens (tertiary/aromatic N) is 2. The van der Waals surface area contributed by atoms with Gasteiger partial charge in [0.2, 0.25) is 0 Å². The van der Waals surface area contributed by atoms with E-state index in [2.05, 4.69) is 29.0 Å². The molecule has 0 saturated carbocycles. The number of nitrogens with one attached hydrogen (secondary N) is 1. The molecule has 0 aromatic carbocycles. The molecule has 0 fully saturated rings. The molecule has 0 amide bonds. The Bertz CT molecular complexity index is 293. The second-order valence-electron chi connectivity index (χ2n) is 3.95. The van der Waals surface area contributed by atoms with Crippen LogP contribution in [0.2, 0.25) is 0 Å². The zero-order valence-corrected chi connectivity index (χ0v) is 10.1. The number of hydrogen-bond acceptors (Lipinski definition) is 3. The first-order valence-corrected chi connectivity index (χ1v) is 5.56. The Morgan fingerprint density at radius 1 is 1.33 bits per heavy atom. The van der Waals surface area contributed by atoms with Crippen LogP contribution in [-0.4, -0.2) is 25.1 Å². The smallest absolute Gasteiger partial charge is 0.0766 e. The molecule has 0 atom stereocenters. The average Bonchev–Trinajstić information content (AvgIpc) is 2.26. The highest BCUT2D eigenvalue weighted by Gasteiger charge is 2.08. The predicted octanol–water partition coefficient (Wildman–Crippen LogP) is 2.75. The minimum atomic E-state index is 0.535. The first-order chi connectivity index (χ1) is 7.19. The van der Waals surface area contributed by atoms with E-state index in [1.54, 1.807) is 0 Å². The molecule has 1 heterocycles. The van der Waals surface area contributed by atoms with Crippen LogP contribution < -0.4 is 10.2 Å². The van der Waals surface area contributed by atoms with Crippen molar-refractivity contribution in [3.05, 3.63) is 18.5 Å². The van der Waals surface area contributed by atoms with E-state index in [1.165, 1.54) is 5.69 Å². The average molecular weight is 207 g/mol. The van der Waals surface area contributed by atoms with Crippen molar-refractivity contribution < 1.29 is 0 Å². The van der Waals surface area contributed by atoms with Crippen LogP contribution in [0.4, 0.5) is 11.4 Å². The summed E-state index contributed by atoms with van der Waals surface area (Å²) < 4.78 is 0. The maximum Gasteiger partial charge on any atom is 0.0766 e. The molecule has 3 heteroatoms. The van der Waals surface area contributed by atoms with E-state index in [-0.39, 0.29) is 0 Å². The molecular formula is C12H21N3. The quantitative estimate of drug-likeness (QED) is 0.804. The van der Waals surface area contributed by atoms with Crippen LogP contribution >= 0.6 is 0 Å². The number of aromatic nitrogens is 1. The molecule has 0 aliphatic carbocycles. The number of anilines is 2. The van der Waals surface area contributed by atoms with Gasteiger partial charge in [-0.3, -0.25) is 4.98 Å². The minimum Gasteiger partial charge on any atom is -0.379 e. The van der Waals surface area contributed by atoms with Gasteiger partial charge in [-0.1, -0.05) is 13.8 Å². The first kappa shape index (κ1) is 11.8. The molecule has 1 N–H and O–H groups in total. The largest absolute Gasteiger partial charge is 0.379 e. The third kappa shape index (κ3) is 3.11. The van der Waals surface area contributed by atoms with Gasteiger partial charge in [-0.2, -0.15) is 0 Å². The van der Waals surface area contributed by atoms with Gasteiger partial charge in [0.05, 0.1) is 17.6 Å². The fraction of sp³-hybridized carbons (Fsp3) is 0.583. The zero-order valence-electron chi connectivity index (χ0n) is 10.1. The number of pyridine rings is 1. The van der Waals surface area contributed by atoms with E-state index in [0.717, 1.165) is 18.5 Å². The summed E-state index contributed by atoms with van der Waals surface area (Å²) in [7, 11) is 4.10. The second kappa shape index (κ2) is 5.59. The molecule has 1 aromatic heterocycles. The lowest BCUT2D eigenvalue weighted by Gasteiger charge is -2.22. The van der Waals surface area contributed by atoms with Gasteiger partial charge in [0.15, 0.2) is 0 Å². The highest BCUT2D eigenvalue weighted by molar-refractivity contribution is 5.68. The maximum atomic E-state index is 4.16. The Kier molecular flexibility index (Phi) is 4.40. The topological polar surface area (TPSA) is 28.2 Å². The summed E-state index contributed by atoms with van der Waals surface area (Å²) in [5.74, 6) is 0. The molecule has 0 radical (unpaired) electrons. The molecule has 0 bridgehead atoms. The van der Waals surface area contributed by atoms with Gasteiger partial charge < -0.3 is 10.2 Å². The molecule has 0 unspecified atom stereocenters. The minimum absolute atomic E-state index is 0.535. The molecule has 0 saturated heterocycles. The molecule has 0 aliphatic heterocycles. The Balaban J connectivity index is 2.83. The van der Waals surface area contributed by atoms with E-state index < -0.39 is 0 Å². The van der Waals surface area contributed by atoms with Gasteiger partial charge in [0.1, 0.15) is 0 Å². The fourth-order valence-electron chi connectivity index (χ4n) is 1.60. The highest BCUT2D eigenvalue weighted by atomic mass is 15.1. The third-order valence-corrected chi connectivity index (χ3v) is 2.63. The van der Waals surface area contributed by atoms with Crippen LogP contribution in [0.1, 0.15) is 26.7 Å². The van der Waals surface area contributed by atoms with Gasteiger partial charge >= 0.3 is 0 Å². The van der Waals surface area contributed by atoms with E-state index in [9.17, 15) is 0 Å². The first-order valence-electron chi connectivity index (χ1n) is 5.56. The lowest BCUT2D eigenvalue weighted by Crippen LogP contribution is -2.20. The number of rotatable bonds is 5. The standard InChI is InChI=1S/C12H21N3/c1-5-10(6-2)14-11-9-13-8-7-12(11)15(3)4/h7-10,14H,5-6H2,1-4H3. The fourth-order valence-corrected chi connectivity index (χ4v) is 1.60. The van der Waals surface area contributed by atoms with Crippen LogP contribution in [-0.2, 0) is 0 Å². The molecule has 3 nitrogen and oxygen atoms in total. The Labute approximate surface area is 92.5 Å². The van der Waals surface area contributed by atoms with E-state index in [0.29, 0.717) is 6.04 Å². The Morgan fingerprint density at radius 3 is 2.53 bits per heavy atom. The van der Waals surface area contributed by atoms with Crippen LogP contribution in [0.25, 0.3) is 0 Å². The van der Waals surface area contributed by atoms with Crippen LogP contribution in [0.3, 0.4) is 0 Å². The molecule has 0 aliphatic rings. The van der Waals surface area contributed by atoms with E-state index >= 15 is 0 Å². The summed E-state index contributed by atoms with van der Waals surface area (Å²) in [5.41, 5.74) is 2.31. The SMILES string of the molecule is CCC(CC)Nc1cnccc1N(C)C. The van der Waals surface area contributed by atoms with E-state index in [1.807, 2.05) is 32.6 Å². The lowest BCUT2D eigenvalue weighted by molar-refractivity contribution is 0.671. The predicted molar refractivity (Wildman–Crippen MR) is 66.6 cm³/mol. The van der Waals surface area contributed by atoms with Crippen molar-refractivity contribution in [2.75, 3.05) is 24.3 Å². The van der Waals surface area contributed by atoms with Crippen molar-refractivity contribution in [2.24, 2.45) is 0 Å². The van der Waals surface area contributed by atoms with E-state index in [4.69, 9.17) is 0 Å². The van der Waals surface area contributed by atoms with Gasteiger partial charge in [0, 0.05) is 26.3 Å². The molecule has 84 valence electrons. The van der Waals surface area contributed by atoms with Gasteiger partial charge in [0.25, 0.3) is 0 Å². The monoisotopic (exact) mass is 207 g/mol. The van der Waals surface area contributed by atoms with Crippen molar-refractivity contribution in [2.45, 2.75) is 32.7 Å². The van der Waals surface area contributed by atoms with Crippen LogP contribution in [0.5, 0.6) is 0 Å². The zero-order chi connectivity index (χ0) is 11.3. The van der Waals surface area contributed by atoms with Gasteiger partial charge in [-0.05, 0) is 18.9 Å². The van der Waals surface area contributed by atoms with Gasteiger partial charge in [-0.25, -0.2) is 0 Å². The number of hydrogen-bond donors (Lipinski definition) is 1. The molecule has 1 rings (SSSR count). The van der Waals surface area contributed by atoms with Crippen molar-refractivity contribution in [1.82, 2.24) is 4.98 Å². The van der Waals surface area contributed by atoms with Crippen molar-refractivity contribution in [3.8, 4) is 0 Å².